The highest BCUT2D eigenvalue weighted by molar-refractivity contribution is 7.91. The monoisotopic (exact) mass is 444 g/mol. The van der Waals surface area contributed by atoms with Crippen molar-refractivity contribution in [2.75, 3.05) is 21.3 Å². The van der Waals surface area contributed by atoms with Crippen molar-refractivity contribution < 1.29 is 26.4 Å². The summed E-state index contributed by atoms with van der Waals surface area (Å²) in [6, 6.07) is 7.21. The fourth-order valence-electron chi connectivity index (χ4n) is 3.87. The van der Waals surface area contributed by atoms with Crippen LogP contribution < -0.4 is 9.80 Å². The first-order valence-electron chi connectivity index (χ1n) is 8.74. The summed E-state index contributed by atoms with van der Waals surface area (Å²) in [5, 5.41) is 0.408. The molecule has 2 amide bonds. The Morgan fingerprint density at radius 1 is 1.00 bits per heavy atom. The number of benzene rings is 2. The second-order valence-corrected chi connectivity index (χ2v) is 9.78. The Morgan fingerprint density at radius 2 is 1.59 bits per heavy atom. The first-order valence-corrected chi connectivity index (χ1v) is 10.9. The van der Waals surface area contributed by atoms with Crippen molar-refractivity contribution in [2.24, 2.45) is 0 Å². The minimum absolute atomic E-state index is 0.0117. The quantitative estimate of drug-likeness (QED) is 0.650. The fraction of sp³-hybridized carbons (Fsp3) is 0.316. The Morgan fingerprint density at radius 3 is 2.14 bits per heavy atom. The van der Waals surface area contributed by atoms with E-state index in [1.165, 1.54) is 17.0 Å². The molecule has 0 N–H and O–H groups in total. The number of hydrogen-bond acceptors (Lipinski definition) is 3. The smallest absolute Gasteiger partial charge is 0.288 e. The van der Waals surface area contributed by atoms with Crippen LogP contribution in [0.2, 0.25) is 5.02 Å². The molecular formula is C19H16ClF3N2O3S. The largest absolute Gasteiger partial charge is 0.416 e. The van der Waals surface area contributed by atoms with E-state index in [-0.39, 0.29) is 17.2 Å². The molecule has 2 saturated heterocycles. The number of fused-ring (bicyclic) bond motifs is 1. The van der Waals surface area contributed by atoms with Gasteiger partial charge in [0.15, 0.2) is 9.84 Å². The summed E-state index contributed by atoms with van der Waals surface area (Å²) >= 11 is 6.17. The van der Waals surface area contributed by atoms with E-state index in [1.807, 2.05) is 0 Å². The zero-order valence-electron chi connectivity index (χ0n) is 15.1. The van der Waals surface area contributed by atoms with Crippen LogP contribution in [0.4, 0.5) is 29.3 Å². The van der Waals surface area contributed by atoms with Gasteiger partial charge in [0.25, 0.3) is 0 Å². The van der Waals surface area contributed by atoms with Gasteiger partial charge in [0.05, 0.1) is 29.2 Å². The number of aryl methyl sites for hydroxylation is 1. The van der Waals surface area contributed by atoms with E-state index in [1.54, 1.807) is 25.1 Å². The number of anilines is 2. The third-order valence-electron chi connectivity index (χ3n) is 5.25. The number of urea groups is 1. The van der Waals surface area contributed by atoms with Gasteiger partial charge in [-0.2, -0.15) is 13.2 Å². The number of carbonyl (C=O) groups is 1. The van der Waals surface area contributed by atoms with Crippen LogP contribution >= 0.6 is 11.6 Å². The van der Waals surface area contributed by atoms with Gasteiger partial charge in [0, 0.05) is 16.4 Å². The lowest BCUT2D eigenvalue weighted by molar-refractivity contribution is -0.137. The maximum absolute atomic E-state index is 13.2. The van der Waals surface area contributed by atoms with E-state index in [0.29, 0.717) is 10.7 Å². The first kappa shape index (κ1) is 20.0. The van der Waals surface area contributed by atoms with E-state index in [0.717, 1.165) is 22.6 Å². The molecule has 4 rings (SSSR count). The first-order chi connectivity index (χ1) is 13.5. The summed E-state index contributed by atoms with van der Waals surface area (Å²) in [5.74, 6) is -0.569. The molecular weight excluding hydrogens is 429 g/mol. The molecule has 0 aliphatic carbocycles. The lowest BCUT2D eigenvalue weighted by atomic mass is 10.1. The number of rotatable bonds is 2. The molecule has 0 unspecified atom stereocenters. The Hall–Kier alpha value is -2.26. The zero-order chi connectivity index (χ0) is 21.1. The van der Waals surface area contributed by atoms with Gasteiger partial charge >= 0.3 is 12.2 Å². The minimum Gasteiger partial charge on any atom is -0.288 e. The lowest BCUT2D eigenvalue weighted by Crippen LogP contribution is -2.38. The average molecular weight is 445 g/mol. The highest BCUT2D eigenvalue weighted by Crippen LogP contribution is 2.40. The van der Waals surface area contributed by atoms with Crippen molar-refractivity contribution in [3.63, 3.8) is 0 Å². The number of sulfone groups is 1. The van der Waals surface area contributed by atoms with Crippen molar-refractivity contribution >= 4 is 38.8 Å². The van der Waals surface area contributed by atoms with Gasteiger partial charge in [-0.15, -0.1) is 0 Å². The van der Waals surface area contributed by atoms with E-state index < -0.39 is 39.7 Å². The highest BCUT2D eigenvalue weighted by Gasteiger charge is 2.54. The van der Waals surface area contributed by atoms with Crippen LogP contribution in [0.3, 0.4) is 0 Å². The molecule has 2 aliphatic heterocycles. The van der Waals surface area contributed by atoms with Crippen molar-refractivity contribution in [2.45, 2.75) is 25.2 Å². The zero-order valence-corrected chi connectivity index (χ0v) is 16.7. The van der Waals surface area contributed by atoms with Gasteiger partial charge in [0.1, 0.15) is 0 Å². The summed E-state index contributed by atoms with van der Waals surface area (Å²) < 4.78 is 64.0. The fourth-order valence-corrected chi connectivity index (χ4v) is 5.97. The summed E-state index contributed by atoms with van der Waals surface area (Å²) in [6.07, 6.45) is -4.58. The van der Waals surface area contributed by atoms with Crippen molar-refractivity contribution in [3.05, 3.63) is 58.6 Å². The molecule has 2 aromatic carbocycles. The second kappa shape index (κ2) is 6.63. The summed E-state index contributed by atoms with van der Waals surface area (Å²) in [7, 11) is -3.46. The molecule has 0 bridgehead atoms. The van der Waals surface area contributed by atoms with Crippen LogP contribution in [0.25, 0.3) is 0 Å². The van der Waals surface area contributed by atoms with Crippen LogP contribution in [0.1, 0.15) is 11.1 Å². The van der Waals surface area contributed by atoms with E-state index in [9.17, 15) is 26.4 Å². The van der Waals surface area contributed by atoms with Gasteiger partial charge in [-0.25, -0.2) is 13.2 Å². The topological polar surface area (TPSA) is 57.7 Å². The predicted molar refractivity (Wildman–Crippen MR) is 104 cm³/mol. The number of nitrogens with zero attached hydrogens (tertiary/aromatic N) is 2. The maximum atomic E-state index is 13.2. The third kappa shape index (κ3) is 3.46. The van der Waals surface area contributed by atoms with E-state index in [4.69, 9.17) is 11.6 Å². The average Bonchev–Trinajstić information content (AvgIpc) is 3.05. The summed E-state index contributed by atoms with van der Waals surface area (Å²) in [6.45, 7) is 1.79. The number of amides is 2. The van der Waals surface area contributed by atoms with Crippen LogP contribution in [0.5, 0.6) is 0 Å². The van der Waals surface area contributed by atoms with Crippen LogP contribution in [0, 0.1) is 6.92 Å². The van der Waals surface area contributed by atoms with Gasteiger partial charge < -0.3 is 0 Å². The molecule has 0 spiro atoms. The van der Waals surface area contributed by atoms with Crippen LogP contribution in [0.15, 0.2) is 42.5 Å². The molecule has 0 radical (unpaired) electrons. The van der Waals surface area contributed by atoms with E-state index in [2.05, 4.69) is 0 Å². The van der Waals surface area contributed by atoms with Crippen LogP contribution in [-0.2, 0) is 16.0 Å². The molecule has 5 nitrogen and oxygen atoms in total. The van der Waals surface area contributed by atoms with Crippen molar-refractivity contribution in [3.8, 4) is 0 Å². The second-order valence-electron chi connectivity index (χ2n) is 7.22. The van der Waals surface area contributed by atoms with Gasteiger partial charge in [0.2, 0.25) is 0 Å². The Balaban J connectivity index is 1.81. The molecule has 2 heterocycles. The maximum Gasteiger partial charge on any atom is 0.416 e. The standard InChI is InChI=1S/C19H16ClF3N2O3S/c1-11-5-6-14(8-15(11)20)25-17-10-29(27,28)9-16(17)24(18(25)26)13-4-2-3-12(7-13)19(21,22)23/h2-8,16-17H,9-10H2,1H3/t16-,17-/m1/s1. The normalized spacial score (nSPS) is 23.6. The van der Waals surface area contributed by atoms with Crippen molar-refractivity contribution in [1.29, 1.82) is 0 Å². The van der Waals surface area contributed by atoms with E-state index >= 15 is 0 Å². The third-order valence-corrected chi connectivity index (χ3v) is 7.36. The Labute approximate surface area is 170 Å². The Kier molecular flexibility index (Phi) is 4.58. The molecule has 10 heteroatoms. The number of hydrogen-bond donors (Lipinski definition) is 0. The molecule has 2 aliphatic rings. The highest BCUT2D eigenvalue weighted by atomic mass is 35.5. The number of carbonyl (C=O) groups excluding carboxylic acids is 1. The summed E-state index contributed by atoms with van der Waals surface area (Å²) in [5.41, 5.74) is 0.300. The molecule has 29 heavy (non-hydrogen) atoms. The predicted octanol–water partition coefficient (Wildman–Crippen LogP) is 4.28. The molecule has 154 valence electrons. The molecule has 0 saturated carbocycles. The van der Waals surface area contributed by atoms with Gasteiger partial charge in [-0.1, -0.05) is 23.7 Å². The molecule has 2 atom stereocenters. The minimum atomic E-state index is -4.58. The summed E-state index contributed by atoms with van der Waals surface area (Å²) in [4.78, 5) is 15.7. The SMILES string of the molecule is Cc1ccc(N2C(=O)N(c3cccc(C(F)(F)F)c3)[C@@H]3CS(=O)(=O)C[C@H]32)cc1Cl. The number of alkyl halides is 3. The Bertz CT molecular complexity index is 1100. The van der Waals surface area contributed by atoms with Gasteiger partial charge in [-0.3, -0.25) is 9.80 Å². The van der Waals surface area contributed by atoms with Gasteiger partial charge in [-0.05, 0) is 42.8 Å². The number of halogens is 4. The molecule has 2 aromatic rings. The van der Waals surface area contributed by atoms with Crippen molar-refractivity contribution in [1.82, 2.24) is 0 Å². The molecule has 0 aromatic heterocycles. The molecule has 2 fully saturated rings. The lowest BCUT2D eigenvalue weighted by Gasteiger charge is -2.23. The van der Waals surface area contributed by atoms with Crippen LogP contribution in [-0.4, -0.2) is 38.0 Å².